The van der Waals surface area contributed by atoms with Gasteiger partial charge in [-0.05, 0) is 12.1 Å². The quantitative estimate of drug-likeness (QED) is 0.598. The first-order valence-electron chi connectivity index (χ1n) is 4.34. The molecule has 1 aromatic heterocycles. The largest absolute Gasteiger partial charge is 0.465 e. The van der Waals surface area contributed by atoms with Crippen molar-refractivity contribution in [2.75, 3.05) is 12.8 Å². The summed E-state index contributed by atoms with van der Waals surface area (Å²) in [6.45, 7) is 0. The molecule has 0 bridgehead atoms. The maximum absolute atomic E-state index is 11.2. The van der Waals surface area contributed by atoms with Gasteiger partial charge in [0.25, 0.3) is 0 Å². The zero-order chi connectivity index (χ0) is 10.8. The van der Waals surface area contributed by atoms with Gasteiger partial charge >= 0.3 is 5.97 Å². The number of pyridine rings is 1. The average molecular weight is 155 g/mol. The number of aromatic nitrogens is 1. The van der Waals surface area contributed by atoms with Crippen molar-refractivity contribution in [2.45, 2.75) is 0 Å². The van der Waals surface area contributed by atoms with Gasteiger partial charge in [0.2, 0.25) is 0 Å². The minimum Gasteiger partial charge on any atom is -0.465 e. The van der Waals surface area contributed by atoms with Crippen molar-refractivity contribution in [3.8, 4) is 0 Å². The van der Waals surface area contributed by atoms with Crippen LogP contribution in [0.3, 0.4) is 0 Å². The summed E-state index contributed by atoms with van der Waals surface area (Å²) in [5, 5.41) is 0. The van der Waals surface area contributed by atoms with Crippen LogP contribution in [0, 0.1) is 0 Å². The SMILES string of the molecule is [2H]C([2H])([2H])OC(=O)c1cccnc1N. The molecule has 0 radical (unpaired) electrons. The molecule has 0 aliphatic heterocycles. The van der Waals surface area contributed by atoms with Crippen molar-refractivity contribution in [3.63, 3.8) is 0 Å². The standard InChI is InChI=1S/C7H8N2O2/c1-11-7(10)5-3-2-4-9-6(5)8/h2-4H,1H3,(H2,8,9)/i1D3. The van der Waals surface area contributed by atoms with Gasteiger partial charge in [-0.15, -0.1) is 0 Å². The van der Waals surface area contributed by atoms with E-state index in [-0.39, 0.29) is 11.4 Å². The number of nitrogens with two attached hydrogens (primary N) is 1. The molecule has 0 aliphatic carbocycles. The van der Waals surface area contributed by atoms with Gasteiger partial charge in [-0.3, -0.25) is 0 Å². The third-order valence-electron chi connectivity index (χ3n) is 1.15. The number of hydrogen-bond acceptors (Lipinski definition) is 4. The van der Waals surface area contributed by atoms with Crippen molar-refractivity contribution >= 4 is 11.8 Å². The highest BCUT2D eigenvalue weighted by Gasteiger charge is 2.08. The molecule has 0 unspecified atom stereocenters. The number of ether oxygens (including phenoxy) is 1. The Hall–Kier alpha value is -1.58. The summed E-state index contributed by atoms with van der Waals surface area (Å²) in [4.78, 5) is 14.8. The number of rotatable bonds is 1. The molecule has 58 valence electrons. The number of carbonyl (C=O) groups excluding carboxylic acids is 1. The third kappa shape index (κ3) is 1.46. The van der Waals surface area contributed by atoms with Crippen LogP contribution in [0.15, 0.2) is 18.3 Å². The number of carbonyl (C=O) groups is 1. The first-order valence-corrected chi connectivity index (χ1v) is 2.84. The molecule has 0 saturated heterocycles. The Morgan fingerprint density at radius 3 is 3.36 bits per heavy atom. The molecule has 0 atom stereocenters. The molecule has 1 aromatic rings. The van der Waals surface area contributed by atoms with Crippen molar-refractivity contribution in [2.24, 2.45) is 0 Å². The lowest BCUT2D eigenvalue weighted by Crippen LogP contribution is -2.06. The Morgan fingerprint density at radius 1 is 1.91 bits per heavy atom. The molecule has 1 heterocycles. The second-order valence-electron chi connectivity index (χ2n) is 1.83. The summed E-state index contributed by atoms with van der Waals surface area (Å²) in [6, 6.07) is 2.81. The Balaban J connectivity index is 2.86. The monoisotopic (exact) mass is 155 g/mol. The van der Waals surface area contributed by atoms with Gasteiger partial charge in [-0.2, -0.15) is 0 Å². The Morgan fingerprint density at radius 2 is 2.73 bits per heavy atom. The lowest BCUT2D eigenvalue weighted by Gasteiger charge is -1.99. The van der Waals surface area contributed by atoms with Gasteiger partial charge in [0.05, 0.1) is 11.2 Å². The molecule has 4 heteroatoms. The molecular formula is C7H8N2O2. The molecule has 2 N–H and O–H groups in total. The fraction of sp³-hybridized carbons (Fsp3) is 0.143. The maximum Gasteiger partial charge on any atom is 0.341 e. The van der Waals surface area contributed by atoms with E-state index >= 15 is 0 Å². The van der Waals surface area contributed by atoms with E-state index in [0.29, 0.717) is 0 Å². The van der Waals surface area contributed by atoms with Gasteiger partial charge in [0, 0.05) is 6.20 Å². The highest BCUT2D eigenvalue weighted by molar-refractivity contribution is 5.93. The van der Waals surface area contributed by atoms with Crippen molar-refractivity contribution < 1.29 is 13.6 Å². The summed E-state index contributed by atoms with van der Waals surface area (Å²) < 4.78 is 24.3. The Labute approximate surface area is 68.2 Å². The summed E-state index contributed by atoms with van der Waals surface area (Å²) >= 11 is 0. The zero-order valence-corrected chi connectivity index (χ0v) is 5.57. The van der Waals surface area contributed by atoms with Crippen LogP contribution in [0.5, 0.6) is 0 Å². The molecule has 0 amide bonds. The van der Waals surface area contributed by atoms with Crippen LogP contribution in [0.25, 0.3) is 0 Å². The molecule has 0 spiro atoms. The minimum atomic E-state index is -2.76. The van der Waals surface area contributed by atoms with Crippen molar-refractivity contribution in [3.05, 3.63) is 23.9 Å². The summed E-state index contributed by atoms with van der Waals surface area (Å²) in [5.41, 5.74) is 5.29. The molecule has 0 aliphatic rings. The first-order chi connectivity index (χ1) is 6.40. The number of esters is 1. The molecule has 0 fully saturated rings. The van der Waals surface area contributed by atoms with E-state index in [2.05, 4.69) is 9.72 Å². The van der Waals surface area contributed by atoms with Gasteiger partial charge in [-0.1, -0.05) is 0 Å². The van der Waals surface area contributed by atoms with Gasteiger partial charge in [0.1, 0.15) is 11.4 Å². The number of hydrogen-bond donors (Lipinski definition) is 1. The molecule has 11 heavy (non-hydrogen) atoms. The topological polar surface area (TPSA) is 65.2 Å². The second-order valence-corrected chi connectivity index (χ2v) is 1.83. The number of nitrogens with zero attached hydrogens (tertiary/aromatic N) is 1. The first kappa shape index (κ1) is 4.33. The summed E-state index contributed by atoms with van der Waals surface area (Å²) in [7, 11) is -2.76. The average Bonchev–Trinajstić information content (AvgIpc) is 2.01. The normalized spacial score (nSPS) is 14.4. The zero-order valence-electron chi connectivity index (χ0n) is 8.57. The van der Waals surface area contributed by atoms with Gasteiger partial charge in [-0.25, -0.2) is 9.78 Å². The second kappa shape index (κ2) is 3.01. The summed E-state index contributed by atoms with van der Waals surface area (Å²) in [6.07, 6.45) is 1.39. The van der Waals surface area contributed by atoms with E-state index in [1.165, 1.54) is 18.3 Å². The van der Waals surface area contributed by atoms with E-state index in [4.69, 9.17) is 9.85 Å². The fourth-order valence-corrected chi connectivity index (χ4v) is 0.645. The van der Waals surface area contributed by atoms with E-state index in [1.54, 1.807) is 0 Å². The van der Waals surface area contributed by atoms with Crippen LogP contribution in [0.4, 0.5) is 5.82 Å². The van der Waals surface area contributed by atoms with Gasteiger partial charge < -0.3 is 10.5 Å². The molecule has 4 nitrogen and oxygen atoms in total. The van der Waals surface area contributed by atoms with Crippen LogP contribution in [-0.2, 0) is 4.74 Å². The lowest BCUT2D eigenvalue weighted by atomic mass is 10.2. The minimum absolute atomic E-state index is 0.0522. The van der Waals surface area contributed by atoms with E-state index in [0.717, 1.165) is 0 Å². The van der Waals surface area contributed by atoms with Crippen LogP contribution < -0.4 is 5.73 Å². The molecule has 0 aromatic carbocycles. The summed E-state index contributed by atoms with van der Waals surface area (Å²) in [5.74, 6) is -1.06. The predicted molar refractivity (Wildman–Crippen MR) is 40.0 cm³/mol. The van der Waals surface area contributed by atoms with Crippen molar-refractivity contribution in [1.29, 1.82) is 0 Å². The van der Waals surface area contributed by atoms with Crippen LogP contribution >= 0.6 is 0 Å². The molecular weight excluding hydrogens is 144 g/mol. The predicted octanol–water partition coefficient (Wildman–Crippen LogP) is 0.450. The van der Waals surface area contributed by atoms with Crippen LogP contribution in [0.2, 0.25) is 0 Å². The fourth-order valence-electron chi connectivity index (χ4n) is 0.645. The Kier molecular flexibility index (Phi) is 1.18. The number of anilines is 1. The maximum atomic E-state index is 11.2. The van der Waals surface area contributed by atoms with E-state index in [9.17, 15) is 4.79 Å². The lowest BCUT2D eigenvalue weighted by molar-refractivity contribution is 0.0601. The molecule has 1 rings (SSSR count). The highest BCUT2D eigenvalue weighted by atomic mass is 16.5. The highest BCUT2D eigenvalue weighted by Crippen LogP contribution is 2.07. The third-order valence-corrected chi connectivity index (χ3v) is 1.15. The number of methoxy groups -OCH3 is 1. The van der Waals surface area contributed by atoms with Gasteiger partial charge in [0.15, 0.2) is 0 Å². The van der Waals surface area contributed by atoms with Crippen LogP contribution in [0.1, 0.15) is 14.5 Å². The van der Waals surface area contributed by atoms with Crippen LogP contribution in [-0.4, -0.2) is 18.0 Å². The molecule has 0 saturated carbocycles. The van der Waals surface area contributed by atoms with Crippen molar-refractivity contribution in [1.82, 2.24) is 4.98 Å². The van der Waals surface area contributed by atoms with E-state index < -0.39 is 13.0 Å². The smallest absolute Gasteiger partial charge is 0.341 e. The Bertz CT molecular complexity index is 351. The number of nitrogen functional groups attached to an aromatic ring is 1. The van der Waals surface area contributed by atoms with E-state index in [1.807, 2.05) is 0 Å².